The van der Waals surface area contributed by atoms with Crippen LogP contribution in [0.5, 0.6) is 5.75 Å². The third-order valence-electron chi connectivity index (χ3n) is 6.72. The Labute approximate surface area is 139 Å². The van der Waals surface area contributed by atoms with Gasteiger partial charge in [-0.25, -0.2) is 0 Å². The standard InChI is InChI=1S/C22H26O/c1-14-15(2)20-13-19(14)21(16-7-5-4-6-8-16)22(20)17-9-11-18(23-3)12-10-17/h4-12,14-15,19-22H,13H2,1-3H3. The molecule has 2 aliphatic rings. The van der Waals surface area contributed by atoms with Crippen molar-refractivity contribution in [1.82, 2.24) is 0 Å². The van der Waals surface area contributed by atoms with Crippen molar-refractivity contribution in [1.29, 1.82) is 0 Å². The van der Waals surface area contributed by atoms with Gasteiger partial charge in [0.15, 0.2) is 0 Å². The van der Waals surface area contributed by atoms with Gasteiger partial charge in [0.2, 0.25) is 0 Å². The zero-order valence-electron chi connectivity index (χ0n) is 14.3. The van der Waals surface area contributed by atoms with Crippen molar-refractivity contribution in [2.75, 3.05) is 7.11 Å². The van der Waals surface area contributed by atoms with Crippen LogP contribution in [0.15, 0.2) is 54.6 Å². The Bertz CT molecular complexity index is 660. The maximum atomic E-state index is 5.34. The number of hydrogen-bond acceptors (Lipinski definition) is 1. The lowest BCUT2D eigenvalue weighted by molar-refractivity contribution is 0.204. The van der Waals surface area contributed by atoms with E-state index < -0.39 is 0 Å². The molecule has 0 N–H and O–H groups in total. The predicted octanol–water partition coefficient (Wildman–Crippen LogP) is 5.48. The lowest BCUT2D eigenvalue weighted by Gasteiger charge is -2.39. The molecule has 0 heterocycles. The maximum Gasteiger partial charge on any atom is 0.118 e. The summed E-state index contributed by atoms with van der Waals surface area (Å²) in [6, 6.07) is 20.0. The Morgan fingerprint density at radius 1 is 0.739 bits per heavy atom. The average Bonchev–Trinajstić information content (AvgIpc) is 3.13. The van der Waals surface area contributed by atoms with Crippen molar-refractivity contribution in [3.8, 4) is 5.75 Å². The molecule has 0 aromatic heterocycles. The quantitative estimate of drug-likeness (QED) is 0.729. The summed E-state index contributed by atoms with van der Waals surface area (Å²) in [5.41, 5.74) is 3.02. The molecule has 2 aliphatic carbocycles. The lowest BCUT2D eigenvalue weighted by atomic mass is 9.65. The molecule has 2 bridgehead atoms. The lowest BCUT2D eigenvalue weighted by Crippen LogP contribution is -2.29. The van der Waals surface area contributed by atoms with E-state index in [0.717, 1.165) is 29.4 Å². The van der Waals surface area contributed by atoms with E-state index in [1.54, 1.807) is 7.11 Å². The van der Waals surface area contributed by atoms with Crippen molar-refractivity contribution < 1.29 is 4.74 Å². The van der Waals surface area contributed by atoms with Gasteiger partial charge in [-0.1, -0.05) is 56.3 Å². The fraction of sp³-hybridized carbons (Fsp3) is 0.455. The minimum atomic E-state index is 0.652. The normalized spacial score (nSPS) is 35.4. The van der Waals surface area contributed by atoms with Crippen LogP contribution in [0, 0.1) is 23.7 Å². The van der Waals surface area contributed by atoms with Gasteiger partial charge in [-0.15, -0.1) is 0 Å². The molecule has 2 aromatic carbocycles. The van der Waals surface area contributed by atoms with E-state index in [-0.39, 0.29) is 0 Å². The minimum Gasteiger partial charge on any atom is -0.497 e. The smallest absolute Gasteiger partial charge is 0.118 e. The first-order valence-corrected chi connectivity index (χ1v) is 8.89. The van der Waals surface area contributed by atoms with Crippen LogP contribution in [0.2, 0.25) is 0 Å². The van der Waals surface area contributed by atoms with E-state index in [9.17, 15) is 0 Å². The highest BCUT2D eigenvalue weighted by Crippen LogP contribution is 2.64. The van der Waals surface area contributed by atoms with Crippen LogP contribution in [0.3, 0.4) is 0 Å². The molecular weight excluding hydrogens is 280 g/mol. The molecule has 0 saturated heterocycles. The second kappa shape index (κ2) is 5.70. The molecular formula is C22H26O. The molecule has 2 aromatic rings. The zero-order chi connectivity index (χ0) is 16.0. The molecule has 2 saturated carbocycles. The van der Waals surface area contributed by atoms with Crippen LogP contribution in [-0.4, -0.2) is 7.11 Å². The number of hydrogen-bond donors (Lipinski definition) is 0. The second-order valence-corrected chi connectivity index (χ2v) is 7.52. The molecule has 23 heavy (non-hydrogen) atoms. The zero-order valence-corrected chi connectivity index (χ0v) is 14.3. The Morgan fingerprint density at radius 2 is 1.26 bits per heavy atom. The fourth-order valence-corrected chi connectivity index (χ4v) is 5.41. The summed E-state index contributed by atoms with van der Waals surface area (Å²) in [7, 11) is 1.74. The summed E-state index contributed by atoms with van der Waals surface area (Å²) >= 11 is 0. The van der Waals surface area contributed by atoms with Gasteiger partial charge < -0.3 is 4.74 Å². The van der Waals surface area contributed by atoms with E-state index in [0.29, 0.717) is 11.8 Å². The highest BCUT2D eigenvalue weighted by molar-refractivity contribution is 5.37. The number of methoxy groups -OCH3 is 1. The largest absolute Gasteiger partial charge is 0.497 e. The number of fused-ring (bicyclic) bond motifs is 2. The van der Waals surface area contributed by atoms with Gasteiger partial charge in [0.1, 0.15) is 5.75 Å². The van der Waals surface area contributed by atoms with Gasteiger partial charge in [-0.2, -0.15) is 0 Å². The highest BCUT2D eigenvalue weighted by atomic mass is 16.5. The Morgan fingerprint density at radius 3 is 1.78 bits per heavy atom. The molecule has 0 aliphatic heterocycles. The second-order valence-electron chi connectivity index (χ2n) is 7.52. The van der Waals surface area contributed by atoms with Gasteiger partial charge in [0.25, 0.3) is 0 Å². The van der Waals surface area contributed by atoms with Crippen LogP contribution in [0.4, 0.5) is 0 Å². The number of rotatable bonds is 3. The summed E-state index contributed by atoms with van der Waals surface area (Å²) < 4.78 is 5.34. The maximum absolute atomic E-state index is 5.34. The topological polar surface area (TPSA) is 9.23 Å². The predicted molar refractivity (Wildman–Crippen MR) is 94.8 cm³/mol. The monoisotopic (exact) mass is 306 g/mol. The SMILES string of the molecule is COc1ccc(C2C3CC(C(C)C3C)C2c2ccccc2)cc1. The van der Waals surface area contributed by atoms with E-state index in [4.69, 9.17) is 4.74 Å². The Balaban J connectivity index is 1.75. The van der Waals surface area contributed by atoms with Crippen LogP contribution >= 0.6 is 0 Å². The first-order valence-electron chi connectivity index (χ1n) is 8.89. The first-order chi connectivity index (χ1) is 11.2. The van der Waals surface area contributed by atoms with Gasteiger partial charge in [0.05, 0.1) is 7.11 Å². The summed E-state index contributed by atoms with van der Waals surface area (Å²) in [5.74, 6) is 5.57. The molecule has 4 rings (SSSR count). The van der Waals surface area contributed by atoms with Crippen molar-refractivity contribution in [3.05, 3.63) is 65.7 Å². The minimum absolute atomic E-state index is 0.652. The molecule has 0 amide bonds. The van der Waals surface area contributed by atoms with Crippen LogP contribution < -0.4 is 4.74 Å². The molecule has 1 nitrogen and oxygen atoms in total. The molecule has 6 atom stereocenters. The molecule has 0 spiro atoms. The molecule has 1 heteroatoms. The van der Waals surface area contributed by atoms with E-state index in [1.165, 1.54) is 17.5 Å². The van der Waals surface area contributed by atoms with Gasteiger partial charge in [0, 0.05) is 0 Å². The molecule has 2 fully saturated rings. The van der Waals surface area contributed by atoms with Crippen LogP contribution in [0.25, 0.3) is 0 Å². The fourth-order valence-electron chi connectivity index (χ4n) is 5.41. The van der Waals surface area contributed by atoms with Crippen molar-refractivity contribution in [3.63, 3.8) is 0 Å². The molecule has 6 unspecified atom stereocenters. The van der Waals surface area contributed by atoms with Gasteiger partial charge >= 0.3 is 0 Å². The van der Waals surface area contributed by atoms with Crippen molar-refractivity contribution in [2.24, 2.45) is 23.7 Å². The summed E-state index contributed by atoms with van der Waals surface area (Å²) in [6.07, 6.45) is 1.39. The number of benzene rings is 2. The number of ether oxygens (including phenoxy) is 1. The van der Waals surface area contributed by atoms with E-state index in [1.807, 2.05) is 0 Å². The first kappa shape index (κ1) is 14.8. The van der Waals surface area contributed by atoms with E-state index in [2.05, 4.69) is 68.4 Å². The molecule has 0 radical (unpaired) electrons. The van der Waals surface area contributed by atoms with E-state index >= 15 is 0 Å². The summed E-state index contributed by atoms with van der Waals surface area (Å²) in [4.78, 5) is 0. The van der Waals surface area contributed by atoms with Crippen molar-refractivity contribution >= 4 is 0 Å². The third kappa shape index (κ3) is 2.29. The van der Waals surface area contributed by atoms with Crippen LogP contribution in [-0.2, 0) is 0 Å². The highest BCUT2D eigenvalue weighted by Gasteiger charge is 2.55. The third-order valence-corrected chi connectivity index (χ3v) is 6.72. The van der Waals surface area contributed by atoms with Crippen LogP contribution in [0.1, 0.15) is 43.2 Å². The van der Waals surface area contributed by atoms with Crippen molar-refractivity contribution in [2.45, 2.75) is 32.1 Å². The average molecular weight is 306 g/mol. The van der Waals surface area contributed by atoms with Gasteiger partial charge in [-0.3, -0.25) is 0 Å². The molecule has 120 valence electrons. The summed E-state index contributed by atoms with van der Waals surface area (Å²) in [5, 5.41) is 0. The van der Waals surface area contributed by atoms with Gasteiger partial charge in [-0.05, 0) is 65.2 Å². The summed E-state index contributed by atoms with van der Waals surface area (Å²) in [6.45, 7) is 4.93. The Kier molecular flexibility index (Phi) is 3.67. The Hall–Kier alpha value is -1.76.